The minimum atomic E-state index is -5.10. The summed E-state index contributed by atoms with van der Waals surface area (Å²) >= 11 is 0. The highest BCUT2D eigenvalue weighted by atomic mass is 31.2. The summed E-state index contributed by atoms with van der Waals surface area (Å²) in [6.07, 6.45) is -6.08. The van der Waals surface area contributed by atoms with Crippen molar-refractivity contribution in [1.82, 2.24) is 0 Å². The number of ether oxygens (including phenoxy) is 5. The molecule has 1 aliphatic rings. The second-order valence-electron chi connectivity index (χ2n) is 12.4. The van der Waals surface area contributed by atoms with E-state index in [1.54, 1.807) is 0 Å². The van der Waals surface area contributed by atoms with Crippen LogP contribution in [0.1, 0.15) is 27.8 Å². The van der Waals surface area contributed by atoms with Crippen molar-refractivity contribution >= 4 is 7.82 Å². The van der Waals surface area contributed by atoms with Crippen LogP contribution in [-0.2, 0) is 65.8 Å². The third-order valence-electron chi connectivity index (χ3n) is 8.63. The molecule has 2 unspecified atom stereocenters. The summed E-state index contributed by atoms with van der Waals surface area (Å²) in [5.41, 5.74) is 4.45. The van der Waals surface area contributed by atoms with Crippen molar-refractivity contribution in [2.75, 3.05) is 0 Å². The van der Waals surface area contributed by atoms with Gasteiger partial charge in [0.1, 0.15) is 36.6 Å². The lowest BCUT2D eigenvalue weighted by Crippen LogP contribution is -2.67. The van der Waals surface area contributed by atoms with E-state index in [1.807, 2.05) is 152 Å². The van der Waals surface area contributed by atoms with Crippen molar-refractivity contribution in [2.24, 2.45) is 0 Å². The summed E-state index contributed by atoms with van der Waals surface area (Å²) in [6, 6.07) is 48.2. The highest BCUT2D eigenvalue weighted by Crippen LogP contribution is 2.45. The highest BCUT2D eigenvalue weighted by molar-refractivity contribution is 7.46. The summed E-state index contributed by atoms with van der Waals surface area (Å²) in [5, 5.41) is 0. The topological polar surface area (TPSA) is 113 Å². The third-order valence-corrected chi connectivity index (χ3v) is 9.15. The molecule has 10 heteroatoms. The number of hydrogen-bond donors (Lipinski definition) is 2. The second kappa shape index (κ2) is 18.5. The normalized spacial score (nSPS) is 22.1. The van der Waals surface area contributed by atoms with Crippen molar-refractivity contribution in [3.8, 4) is 0 Å². The Morgan fingerprint density at radius 2 is 0.549 bits per heavy atom. The zero-order valence-corrected chi connectivity index (χ0v) is 29.0. The molecule has 1 aliphatic carbocycles. The van der Waals surface area contributed by atoms with Crippen LogP contribution < -0.4 is 0 Å². The maximum atomic E-state index is 12.8. The average Bonchev–Trinajstić information content (AvgIpc) is 3.16. The molecule has 6 atom stereocenters. The van der Waals surface area contributed by atoms with Gasteiger partial charge in [-0.1, -0.05) is 152 Å². The summed E-state index contributed by atoms with van der Waals surface area (Å²) in [5.74, 6) is 0. The van der Waals surface area contributed by atoms with E-state index in [-0.39, 0.29) is 33.0 Å². The number of phosphoric acid groups is 1. The van der Waals surface area contributed by atoms with Crippen LogP contribution in [0.25, 0.3) is 0 Å². The monoisotopic (exact) mass is 710 g/mol. The van der Waals surface area contributed by atoms with Gasteiger partial charge in [-0.25, -0.2) is 4.57 Å². The third kappa shape index (κ3) is 11.0. The van der Waals surface area contributed by atoms with Gasteiger partial charge in [-0.05, 0) is 27.8 Å². The molecule has 0 aromatic heterocycles. The minimum absolute atomic E-state index is 0.115. The fourth-order valence-electron chi connectivity index (χ4n) is 6.18. The van der Waals surface area contributed by atoms with Crippen LogP contribution >= 0.6 is 7.82 Å². The van der Waals surface area contributed by atoms with Crippen LogP contribution in [0.4, 0.5) is 0 Å². The van der Waals surface area contributed by atoms with Gasteiger partial charge in [0.05, 0.1) is 33.0 Å². The molecular weight excluding hydrogens is 667 g/mol. The second-order valence-corrected chi connectivity index (χ2v) is 13.6. The quantitative estimate of drug-likeness (QED) is 0.0954. The smallest absolute Gasteiger partial charge is 0.368 e. The molecule has 1 saturated carbocycles. The molecular formula is C41H43O9P. The number of rotatable bonds is 17. The van der Waals surface area contributed by atoms with E-state index in [9.17, 15) is 14.4 Å². The van der Waals surface area contributed by atoms with Gasteiger partial charge < -0.3 is 33.5 Å². The molecule has 0 amide bonds. The van der Waals surface area contributed by atoms with Crippen LogP contribution in [-0.4, -0.2) is 46.4 Å². The highest BCUT2D eigenvalue weighted by Gasteiger charge is 2.56. The number of benzene rings is 5. The molecule has 0 aliphatic heterocycles. The molecule has 0 spiro atoms. The molecule has 0 heterocycles. The molecule has 2 N–H and O–H groups in total. The first kappa shape index (κ1) is 36.8. The van der Waals surface area contributed by atoms with Crippen molar-refractivity contribution < 1.29 is 42.6 Å². The van der Waals surface area contributed by atoms with Gasteiger partial charge in [0, 0.05) is 0 Å². The minimum Gasteiger partial charge on any atom is -0.368 e. The molecule has 6 rings (SSSR count). The lowest BCUT2D eigenvalue weighted by Gasteiger charge is -2.49. The molecule has 0 bridgehead atoms. The Morgan fingerprint density at radius 1 is 0.353 bits per heavy atom. The molecule has 0 saturated heterocycles. The first-order valence-corrected chi connectivity index (χ1v) is 18.5. The molecule has 5 aromatic rings. The molecule has 9 nitrogen and oxygen atoms in total. The van der Waals surface area contributed by atoms with E-state index in [4.69, 9.17) is 28.2 Å². The van der Waals surface area contributed by atoms with Gasteiger partial charge in [-0.2, -0.15) is 0 Å². The van der Waals surface area contributed by atoms with E-state index in [0.29, 0.717) is 0 Å². The Morgan fingerprint density at radius 3 is 0.745 bits per heavy atom. The van der Waals surface area contributed by atoms with Crippen molar-refractivity contribution in [3.63, 3.8) is 0 Å². The van der Waals surface area contributed by atoms with E-state index in [1.165, 1.54) is 0 Å². The summed E-state index contributed by atoms with van der Waals surface area (Å²) < 4.78 is 51.7. The first-order chi connectivity index (χ1) is 24.9. The molecule has 1 fully saturated rings. The first-order valence-electron chi connectivity index (χ1n) is 16.9. The van der Waals surface area contributed by atoms with E-state index < -0.39 is 44.4 Å². The van der Waals surface area contributed by atoms with E-state index in [0.717, 1.165) is 27.8 Å². The van der Waals surface area contributed by atoms with Crippen molar-refractivity contribution in [1.29, 1.82) is 0 Å². The Bertz CT molecular complexity index is 1660. The van der Waals surface area contributed by atoms with Crippen LogP contribution in [0.3, 0.4) is 0 Å². The lowest BCUT2D eigenvalue weighted by atomic mass is 9.83. The van der Waals surface area contributed by atoms with Gasteiger partial charge in [-0.3, -0.25) is 4.52 Å². The zero-order valence-electron chi connectivity index (χ0n) is 28.1. The van der Waals surface area contributed by atoms with Gasteiger partial charge in [0.2, 0.25) is 0 Å². The van der Waals surface area contributed by atoms with Gasteiger partial charge in [0.15, 0.2) is 0 Å². The Kier molecular flexibility index (Phi) is 13.3. The summed E-state index contributed by atoms with van der Waals surface area (Å²) in [7, 11) is -5.10. The van der Waals surface area contributed by atoms with Crippen LogP contribution in [0, 0.1) is 0 Å². The maximum Gasteiger partial charge on any atom is 0.470 e. The molecule has 5 aromatic carbocycles. The van der Waals surface area contributed by atoms with Crippen molar-refractivity contribution in [3.05, 3.63) is 179 Å². The number of hydrogen-bond acceptors (Lipinski definition) is 7. The summed E-state index contributed by atoms with van der Waals surface area (Å²) in [6.45, 7) is 0.786. The van der Waals surface area contributed by atoms with Crippen LogP contribution in [0.2, 0.25) is 0 Å². The Hall–Kier alpha value is -3.99. The van der Waals surface area contributed by atoms with E-state index >= 15 is 0 Å². The SMILES string of the molecule is O=P(O)(O)OC1[C@H](OCc2ccccc2)[C@H](OCc2ccccc2)C(OCc2ccccc2)[C@H](OCc2ccccc2)[C@H]1OCc1ccccc1. The predicted octanol–water partition coefficient (Wildman–Crippen LogP) is 7.40. The van der Waals surface area contributed by atoms with Crippen LogP contribution in [0.5, 0.6) is 0 Å². The van der Waals surface area contributed by atoms with Gasteiger partial charge in [-0.15, -0.1) is 0 Å². The van der Waals surface area contributed by atoms with Crippen LogP contribution in [0.15, 0.2) is 152 Å². The Balaban J connectivity index is 1.43. The molecule has 266 valence electrons. The fraction of sp³-hybridized carbons (Fsp3) is 0.268. The van der Waals surface area contributed by atoms with Crippen molar-refractivity contribution in [2.45, 2.75) is 69.7 Å². The predicted molar refractivity (Wildman–Crippen MR) is 192 cm³/mol. The molecule has 51 heavy (non-hydrogen) atoms. The largest absolute Gasteiger partial charge is 0.470 e. The number of phosphoric ester groups is 1. The summed E-state index contributed by atoms with van der Waals surface area (Å²) in [4.78, 5) is 20.7. The zero-order chi connectivity index (χ0) is 35.3. The van der Waals surface area contributed by atoms with Gasteiger partial charge in [0.25, 0.3) is 0 Å². The Labute approximate surface area is 298 Å². The maximum absolute atomic E-state index is 12.8. The molecule has 0 radical (unpaired) electrons. The fourth-order valence-corrected chi connectivity index (χ4v) is 6.74. The average molecular weight is 711 g/mol. The van der Waals surface area contributed by atoms with Gasteiger partial charge >= 0.3 is 7.82 Å². The lowest BCUT2D eigenvalue weighted by molar-refractivity contribution is -0.280. The standard InChI is InChI=1S/C41H43O9P/c42-51(43,44)50-41-39(48-29-34-22-12-4-13-23-34)37(46-27-32-18-8-2-9-19-32)36(45-26-31-16-6-1-7-17-31)38(47-28-33-20-10-3-11-21-33)40(41)49-30-35-24-14-5-15-25-35/h1-25,36-41H,26-30H2,(H2,42,43,44)/t36?,37-,38+,39-,40-,41?/m1/s1. The van der Waals surface area contributed by atoms with E-state index in [2.05, 4.69) is 0 Å².